The molecule has 1 aromatic carbocycles. The van der Waals surface area contributed by atoms with Gasteiger partial charge in [0, 0.05) is 19.1 Å². The molecule has 1 N–H and O–H groups in total. The monoisotopic (exact) mass is 441 g/mol. The van der Waals surface area contributed by atoms with Crippen LogP contribution < -0.4 is 10.2 Å². The molecule has 1 amide bonds. The number of benzene rings is 1. The summed E-state index contributed by atoms with van der Waals surface area (Å²) in [5.41, 5.74) is -0.0922. The van der Waals surface area contributed by atoms with Crippen LogP contribution in [0.25, 0.3) is 0 Å². The molecule has 2 aromatic rings. The topological polar surface area (TPSA) is 72.3 Å². The zero-order valence-electron chi connectivity index (χ0n) is 16.4. The molecule has 1 saturated carbocycles. The van der Waals surface area contributed by atoms with Gasteiger partial charge in [-0.15, -0.1) is 10.2 Å². The summed E-state index contributed by atoms with van der Waals surface area (Å²) in [6, 6.07) is 3.81. The van der Waals surface area contributed by atoms with Crippen LogP contribution in [0.1, 0.15) is 30.3 Å². The number of nitrogens with one attached hydrogen (secondary N) is 1. The molecule has 0 spiro atoms. The van der Waals surface area contributed by atoms with Crippen molar-refractivity contribution in [2.45, 2.75) is 37.1 Å². The van der Waals surface area contributed by atoms with Crippen LogP contribution in [0, 0.1) is 6.92 Å². The number of aryl methyl sites for hydroxylation is 1. The summed E-state index contributed by atoms with van der Waals surface area (Å²) in [5.74, 6) is 0.439. The van der Waals surface area contributed by atoms with E-state index in [2.05, 4.69) is 15.5 Å². The number of thioether (sulfide) groups is 1. The fourth-order valence-corrected chi connectivity index (χ4v) is 4.26. The molecule has 30 heavy (non-hydrogen) atoms. The van der Waals surface area contributed by atoms with Gasteiger partial charge in [0.15, 0.2) is 5.16 Å². The third-order valence-electron chi connectivity index (χ3n) is 5.03. The van der Waals surface area contributed by atoms with Crippen molar-refractivity contribution in [3.05, 3.63) is 29.6 Å². The van der Waals surface area contributed by atoms with Crippen molar-refractivity contribution in [1.82, 2.24) is 14.8 Å². The van der Waals surface area contributed by atoms with Crippen LogP contribution in [0.4, 0.5) is 24.5 Å². The van der Waals surface area contributed by atoms with Crippen molar-refractivity contribution in [1.29, 1.82) is 0 Å². The molecule has 0 bridgehead atoms. The van der Waals surface area contributed by atoms with E-state index in [9.17, 15) is 18.0 Å². The van der Waals surface area contributed by atoms with E-state index in [0.717, 1.165) is 30.8 Å². The van der Waals surface area contributed by atoms with E-state index in [1.54, 1.807) is 0 Å². The number of hydrogen-bond donors (Lipinski definition) is 1. The second-order valence-corrected chi connectivity index (χ2v) is 8.24. The minimum Gasteiger partial charge on any atom is -0.378 e. The van der Waals surface area contributed by atoms with Gasteiger partial charge in [-0.2, -0.15) is 13.2 Å². The van der Waals surface area contributed by atoms with Gasteiger partial charge in [-0.25, -0.2) is 0 Å². The van der Waals surface area contributed by atoms with Crippen LogP contribution >= 0.6 is 11.8 Å². The first-order valence-corrected chi connectivity index (χ1v) is 10.7. The van der Waals surface area contributed by atoms with E-state index in [0.29, 0.717) is 43.2 Å². The Kier molecular flexibility index (Phi) is 5.92. The first kappa shape index (κ1) is 21.0. The molecule has 7 nitrogen and oxygen atoms in total. The number of carbonyl (C=O) groups is 1. The standard InChI is InChI=1S/C19H22F3N5O2S/c1-12-24-25-18(27(12)14-3-4-14)30-11-17(28)23-15-10-13(19(20,21)22)2-5-16(15)26-6-8-29-9-7-26/h2,5,10,14H,3-4,6-9,11H2,1H3,(H,23,28). The lowest BCUT2D eigenvalue weighted by atomic mass is 10.1. The largest absolute Gasteiger partial charge is 0.416 e. The Hall–Kier alpha value is -2.27. The second-order valence-electron chi connectivity index (χ2n) is 7.30. The van der Waals surface area contributed by atoms with E-state index in [-0.39, 0.29) is 11.4 Å². The molecule has 0 unspecified atom stereocenters. The highest BCUT2D eigenvalue weighted by Gasteiger charge is 2.32. The summed E-state index contributed by atoms with van der Waals surface area (Å²) in [6.07, 6.45) is -2.37. The Morgan fingerprint density at radius 2 is 2.00 bits per heavy atom. The number of hydrogen-bond acceptors (Lipinski definition) is 6. The summed E-state index contributed by atoms with van der Waals surface area (Å²) in [7, 11) is 0. The van der Waals surface area contributed by atoms with Crippen molar-refractivity contribution in [2.24, 2.45) is 0 Å². The van der Waals surface area contributed by atoms with Gasteiger partial charge in [-0.3, -0.25) is 4.79 Å². The highest BCUT2D eigenvalue weighted by atomic mass is 32.2. The van der Waals surface area contributed by atoms with Gasteiger partial charge in [0.2, 0.25) is 5.91 Å². The van der Waals surface area contributed by atoms with Crippen LogP contribution in [0.3, 0.4) is 0 Å². The SMILES string of the molecule is Cc1nnc(SCC(=O)Nc2cc(C(F)(F)F)ccc2N2CCOCC2)n1C1CC1. The first-order valence-electron chi connectivity index (χ1n) is 9.71. The normalized spacial score (nSPS) is 17.3. The number of ether oxygens (including phenoxy) is 1. The zero-order chi connectivity index (χ0) is 21.3. The molecule has 162 valence electrons. The predicted octanol–water partition coefficient (Wildman–Crippen LogP) is 3.51. The average Bonchev–Trinajstić information content (AvgIpc) is 3.48. The summed E-state index contributed by atoms with van der Waals surface area (Å²) < 4.78 is 47.0. The lowest BCUT2D eigenvalue weighted by Gasteiger charge is -2.31. The van der Waals surface area contributed by atoms with Crippen LogP contribution in [-0.4, -0.2) is 52.7 Å². The fraction of sp³-hybridized carbons (Fsp3) is 0.526. The quantitative estimate of drug-likeness (QED) is 0.692. The number of anilines is 2. The lowest BCUT2D eigenvalue weighted by Crippen LogP contribution is -2.37. The van der Waals surface area contributed by atoms with Gasteiger partial charge in [-0.1, -0.05) is 11.8 Å². The Morgan fingerprint density at radius 3 is 2.67 bits per heavy atom. The molecule has 2 aliphatic rings. The van der Waals surface area contributed by atoms with E-state index < -0.39 is 17.6 Å². The molecule has 1 saturated heterocycles. The lowest BCUT2D eigenvalue weighted by molar-refractivity contribution is -0.137. The molecule has 0 radical (unpaired) electrons. The van der Waals surface area contributed by atoms with Crippen molar-refractivity contribution in [3.8, 4) is 0 Å². The number of amides is 1. The van der Waals surface area contributed by atoms with Crippen LogP contribution in [0.15, 0.2) is 23.4 Å². The minimum absolute atomic E-state index is 0.0314. The van der Waals surface area contributed by atoms with Gasteiger partial charge in [-0.05, 0) is 38.0 Å². The van der Waals surface area contributed by atoms with Crippen molar-refractivity contribution in [3.63, 3.8) is 0 Å². The summed E-state index contributed by atoms with van der Waals surface area (Å²) >= 11 is 1.24. The molecule has 2 heterocycles. The maximum Gasteiger partial charge on any atom is 0.416 e. The second kappa shape index (κ2) is 8.46. The highest BCUT2D eigenvalue weighted by Crippen LogP contribution is 2.39. The van der Waals surface area contributed by atoms with Crippen molar-refractivity contribution in [2.75, 3.05) is 42.3 Å². The molecule has 1 aliphatic heterocycles. The molecule has 1 aromatic heterocycles. The fourth-order valence-electron chi connectivity index (χ4n) is 3.41. The maximum absolute atomic E-state index is 13.2. The third-order valence-corrected chi connectivity index (χ3v) is 5.97. The highest BCUT2D eigenvalue weighted by molar-refractivity contribution is 7.99. The zero-order valence-corrected chi connectivity index (χ0v) is 17.2. The van der Waals surface area contributed by atoms with Gasteiger partial charge in [0.1, 0.15) is 5.82 Å². The van der Waals surface area contributed by atoms with Gasteiger partial charge in [0.05, 0.1) is 35.9 Å². The van der Waals surface area contributed by atoms with E-state index >= 15 is 0 Å². The number of rotatable bonds is 6. The van der Waals surface area contributed by atoms with Crippen LogP contribution in [-0.2, 0) is 15.7 Å². The van der Waals surface area contributed by atoms with Crippen LogP contribution in [0.5, 0.6) is 0 Å². The average molecular weight is 441 g/mol. The number of nitrogens with zero attached hydrogens (tertiary/aromatic N) is 4. The number of alkyl halides is 3. The minimum atomic E-state index is -4.49. The van der Waals surface area contributed by atoms with Crippen molar-refractivity contribution < 1.29 is 22.7 Å². The third kappa shape index (κ3) is 4.72. The number of carbonyl (C=O) groups excluding carboxylic acids is 1. The van der Waals surface area contributed by atoms with Gasteiger partial charge in [0.25, 0.3) is 0 Å². The molecule has 2 fully saturated rings. The predicted molar refractivity (Wildman–Crippen MR) is 107 cm³/mol. The molecule has 4 rings (SSSR count). The molecule has 1 aliphatic carbocycles. The van der Waals surface area contributed by atoms with E-state index in [1.165, 1.54) is 17.8 Å². The van der Waals surface area contributed by atoms with Gasteiger partial charge >= 0.3 is 6.18 Å². The Labute approximate surface area is 176 Å². The summed E-state index contributed by atoms with van der Waals surface area (Å²) in [5, 5.41) is 11.5. The Balaban J connectivity index is 1.49. The summed E-state index contributed by atoms with van der Waals surface area (Å²) in [6.45, 7) is 3.94. The Bertz CT molecular complexity index is 923. The Morgan fingerprint density at radius 1 is 1.27 bits per heavy atom. The van der Waals surface area contributed by atoms with Crippen LogP contribution in [0.2, 0.25) is 0 Å². The first-order chi connectivity index (χ1) is 14.3. The van der Waals surface area contributed by atoms with Gasteiger partial charge < -0.3 is 19.5 Å². The number of halogens is 3. The number of morpholine rings is 1. The molecular formula is C19H22F3N5O2S. The number of aromatic nitrogens is 3. The smallest absolute Gasteiger partial charge is 0.378 e. The maximum atomic E-state index is 13.2. The molecule has 0 atom stereocenters. The van der Waals surface area contributed by atoms with E-state index in [1.807, 2.05) is 16.4 Å². The summed E-state index contributed by atoms with van der Waals surface area (Å²) in [4.78, 5) is 14.5. The molecule has 11 heteroatoms. The van der Waals surface area contributed by atoms with E-state index in [4.69, 9.17) is 4.74 Å². The molecular weight excluding hydrogens is 419 g/mol. The van der Waals surface area contributed by atoms with Crippen molar-refractivity contribution >= 4 is 29.0 Å².